The van der Waals surface area contributed by atoms with E-state index in [1.165, 1.54) is 6.07 Å². The Morgan fingerprint density at radius 3 is 2.95 bits per heavy atom. The lowest BCUT2D eigenvalue weighted by molar-refractivity contribution is -0.00902. The molecule has 2 heterocycles. The SMILES string of the molecule is CO[C@H]1CCN(Cc2ccn[nH]2)C[C@H]1Cc1ccccc1F. The molecule has 1 aliphatic rings. The predicted molar refractivity (Wildman–Crippen MR) is 82.9 cm³/mol. The van der Waals surface area contributed by atoms with Gasteiger partial charge in [0.1, 0.15) is 5.82 Å². The van der Waals surface area contributed by atoms with Gasteiger partial charge in [-0.3, -0.25) is 10.00 Å². The minimum Gasteiger partial charge on any atom is -0.381 e. The molecule has 0 amide bonds. The zero-order valence-electron chi connectivity index (χ0n) is 12.8. The quantitative estimate of drug-likeness (QED) is 0.923. The zero-order chi connectivity index (χ0) is 15.4. The van der Waals surface area contributed by atoms with E-state index >= 15 is 0 Å². The number of rotatable bonds is 5. The Bertz CT molecular complexity index is 587. The number of piperidine rings is 1. The Hall–Kier alpha value is -1.72. The molecule has 0 saturated carbocycles. The summed E-state index contributed by atoms with van der Waals surface area (Å²) >= 11 is 0. The molecule has 0 radical (unpaired) electrons. The Balaban J connectivity index is 1.67. The van der Waals surface area contributed by atoms with Gasteiger partial charge in [0, 0.05) is 44.6 Å². The summed E-state index contributed by atoms with van der Waals surface area (Å²) in [5.74, 6) is 0.182. The molecule has 5 heteroatoms. The van der Waals surface area contributed by atoms with Gasteiger partial charge in [0.25, 0.3) is 0 Å². The average molecular weight is 303 g/mol. The van der Waals surface area contributed by atoms with Gasteiger partial charge in [-0.25, -0.2) is 4.39 Å². The number of nitrogens with one attached hydrogen (secondary N) is 1. The third-order valence-electron chi connectivity index (χ3n) is 4.44. The summed E-state index contributed by atoms with van der Waals surface area (Å²) in [7, 11) is 1.75. The molecule has 22 heavy (non-hydrogen) atoms. The predicted octanol–water partition coefficient (Wildman–Crippen LogP) is 2.63. The molecule has 0 unspecified atom stereocenters. The number of H-pyrrole nitrogens is 1. The van der Waals surface area contributed by atoms with Crippen LogP contribution in [-0.2, 0) is 17.7 Å². The van der Waals surface area contributed by atoms with Crippen molar-refractivity contribution in [1.82, 2.24) is 15.1 Å². The van der Waals surface area contributed by atoms with Crippen LogP contribution in [0, 0.1) is 11.7 Å². The number of nitrogens with zero attached hydrogens (tertiary/aromatic N) is 2. The van der Waals surface area contributed by atoms with Gasteiger partial charge in [0.15, 0.2) is 0 Å². The fourth-order valence-corrected chi connectivity index (χ4v) is 3.30. The molecular weight excluding hydrogens is 281 g/mol. The van der Waals surface area contributed by atoms with E-state index in [9.17, 15) is 4.39 Å². The second kappa shape index (κ2) is 7.03. The first kappa shape index (κ1) is 15.2. The van der Waals surface area contributed by atoms with Crippen molar-refractivity contribution in [2.24, 2.45) is 5.92 Å². The van der Waals surface area contributed by atoms with Crippen LogP contribution in [0.25, 0.3) is 0 Å². The molecule has 2 aromatic rings. The van der Waals surface area contributed by atoms with Crippen LogP contribution in [-0.4, -0.2) is 41.4 Å². The molecular formula is C17H22FN3O. The lowest BCUT2D eigenvalue weighted by Crippen LogP contribution is -2.44. The molecule has 0 bridgehead atoms. The molecule has 0 spiro atoms. The molecule has 1 aliphatic heterocycles. The standard InChI is InChI=1S/C17H22FN3O/c1-22-17-7-9-21(12-15-6-8-19-20-15)11-14(17)10-13-4-2-3-5-16(13)18/h2-6,8,14,17H,7,9-12H2,1H3,(H,19,20)/t14-,17+/m1/s1. The zero-order valence-corrected chi connectivity index (χ0v) is 12.8. The van der Waals surface area contributed by atoms with Crippen molar-refractivity contribution < 1.29 is 9.13 Å². The van der Waals surface area contributed by atoms with Crippen LogP contribution in [0.2, 0.25) is 0 Å². The van der Waals surface area contributed by atoms with Crippen LogP contribution in [0.1, 0.15) is 17.7 Å². The van der Waals surface area contributed by atoms with Crippen molar-refractivity contribution in [2.45, 2.75) is 25.5 Å². The van der Waals surface area contributed by atoms with Crippen LogP contribution in [0.5, 0.6) is 0 Å². The third-order valence-corrected chi connectivity index (χ3v) is 4.44. The van der Waals surface area contributed by atoms with Crippen molar-refractivity contribution in [1.29, 1.82) is 0 Å². The summed E-state index contributed by atoms with van der Waals surface area (Å²) in [5.41, 5.74) is 1.89. The summed E-state index contributed by atoms with van der Waals surface area (Å²) in [6, 6.07) is 9.02. The molecule has 2 atom stereocenters. The summed E-state index contributed by atoms with van der Waals surface area (Å²) in [5, 5.41) is 6.99. The van der Waals surface area contributed by atoms with E-state index in [1.54, 1.807) is 19.4 Å². The van der Waals surface area contributed by atoms with Crippen LogP contribution in [0.15, 0.2) is 36.5 Å². The fourth-order valence-electron chi connectivity index (χ4n) is 3.30. The molecule has 3 rings (SSSR count). The smallest absolute Gasteiger partial charge is 0.126 e. The number of hydrogen-bond acceptors (Lipinski definition) is 3. The summed E-state index contributed by atoms with van der Waals surface area (Å²) < 4.78 is 19.5. The van der Waals surface area contributed by atoms with Crippen molar-refractivity contribution in [2.75, 3.05) is 20.2 Å². The van der Waals surface area contributed by atoms with Gasteiger partial charge in [-0.05, 0) is 30.5 Å². The first-order valence-corrected chi connectivity index (χ1v) is 7.73. The lowest BCUT2D eigenvalue weighted by atomic mass is 9.88. The number of halogens is 1. The third kappa shape index (κ3) is 3.54. The number of aromatic amines is 1. The molecule has 1 aromatic heterocycles. The van der Waals surface area contributed by atoms with Gasteiger partial charge >= 0.3 is 0 Å². The number of methoxy groups -OCH3 is 1. The molecule has 0 aliphatic carbocycles. The van der Waals surface area contributed by atoms with E-state index in [2.05, 4.69) is 15.1 Å². The summed E-state index contributed by atoms with van der Waals surface area (Å²) in [6.45, 7) is 2.75. The highest BCUT2D eigenvalue weighted by atomic mass is 19.1. The van der Waals surface area contributed by atoms with Gasteiger partial charge in [-0.2, -0.15) is 5.10 Å². The number of benzene rings is 1. The van der Waals surface area contributed by atoms with E-state index < -0.39 is 0 Å². The number of likely N-dealkylation sites (tertiary alicyclic amines) is 1. The van der Waals surface area contributed by atoms with Crippen molar-refractivity contribution >= 4 is 0 Å². The van der Waals surface area contributed by atoms with Crippen molar-refractivity contribution in [3.05, 3.63) is 53.6 Å². The van der Waals surface area contributed by atoms with Gasteiger partial charge in [-0.15, -0.1) is 0 Å². The Labute approximate surface area is 130 Å². The highest BCUT2D eigenvalue weighted by Gasteiger charge is 2.30. The molecule has 118 valence electrons. The van der Waals surface area contributed by atoms with Crippen LogP contribution in [0.3, 0.4) is 0 Å². The molecule has 4 nitrogen and oxygen atoms in total. The first-order valence-electron chi connectivity index (χ1n) is 7.73. The topological polar surface area (TPSA) is 41.1 Å². The Morgan fingerprint density at radius 1 is 1.36 bits per heavy atom. The highest BCUT2D eigenvalue weighted by molar-refractivity contribution is 5.18. The summed E-state index contributed by atoms with van der Waals surface area (Å²) in [4.78, 5) is 2.38. The van der Waals surface area contributed by atoms with Gasteiger partial charge in [0.05, 0.1) is 6.10 Å². The second-order valence-corrected chi connectivity index (χ2v) is 5.94. The Kier molecular flexibility index (Phi) is 4.85. The number of ether oxygens (including phenoxy) is 1. The molecule has 1 N–H and O–H groups in total. The molecule has 1 saturated heterocycles. The van der Waals surface area contributed by atoms with Crippen LogP contribution >= 0.6 is 0 Å². The van der Waals surface area contributed by atoms with Crippen molar-refractivity contribution in [3.63, 3.8) is 0 Å². The van der Waals surface area contributed by atoms with Gasteiger partial charge < -0.3 is 4.74 Å². The minimum absolute atomic E-state index is 0.122. The highest BCUT2D eigenvalue weighted by Crippen LogP contribution is 2.25. The van der Waals surface area contributed by atoms with Gasteiger partial charge in [-0.1, -0.05) is 18.2 Å². The maximum absolute atomic E-state index is 13.9. The fraction of sp³-hybridized carbons (Fsp3) is 0.471. The molecule has 1 aromatic carbocycles. The molecule has 1 fully saturated rings. The first-order chi connectivity index (χ1) is 10.8. The van der Waals surface area contributed by atoms with Crippen LogP contribution in [0.4, 0.5) is 4.39 Å². The maximum atomic E-state index is 13.9. The second-order valence-electron chi connectivity index (χ2n) is 5.94. The maximum Gasteiger partial charge on any atom is 0.126 e. The Morgan fingerprint density at radius 2 is 2.23 bits per heavy atom. The van der Waals surface area contributed by atoms with E-state index in [-0.39, 0.29) is 11.9 Å². The van der Waals surface area contributed by atoms with E-state index in [1.807, 2.05) is 18.2 Å². The largest absolute Gasteiger partial charge is 0.381 e. The van der Waals surface area contributed by atoms with E-state index in [4.69, 9.17) is 4.74 Å². The normalized spacial score (nSPS) is 22.8. The number of hydrogen-bond donors (Lipinski definition) is 1. The number of aromatic nitrogens is 2. The monoisotopic (exact) mass is 303 g/mol. The minimum atomic E-state index is -0.122. The van der Waals surface area contributed by atoms with E-state index in [0.29, 0.717) is 12.3 Å². The van der Waals surface area contributed by atoms with Gasteiger partial charge in [0.2, 0.25) is 0 Å². The summed E-state index contributed by atoms with van der Waals surface area (Å²) in [6.07, 6.45) is 3.65. The lowest BCUT2D eigenvalue weighted by Gasteiger charge is -2.37. The van der Waals surface area contributed by atoms with Crippen LogP contribution < -0.4 is 0 Å². The average Bonchev–Trinajstić information content (AvgIpc) is 3.03. The van der Waals surface area contributed by atoms with Crippen molar-refractivity contribution in [3.8, 4) is 0 Å². The van der Waals surface area contributed by atoms with E-state index in [0.717, 1.165) is 37.3 Å².